The lowest BCUT2D eigenvalue weighted by Crippen LogP contribution is -2.39. The SMILES string of the molecule is CCC(=O)NCC(C)(C)SSC(C(=O)NCCOCCOCCNC(=O)CCCC[C@H]1SC[C@H]2NC(=O)N[C@H]21)C(C)C. The van der Waals surface area contributed by atoms with Crippen LogP contribution in [0, 0.1) is 5.92 Å². The molecule has 11 nitrogen and oxygen atoms in total. The minimum Gasteiger partial charge on any atom is -0.377 e. The summed E-state index contributed by atoms with van der Waals surface area (Å²) in [6, 6.07) is 0.392. The number of ether oxygens (including phenoxy) is 2. The number of carbonyl (C=O) groups is 4. The quantitative estimate of drug-likeness (QED) is 0.0679. The van der Waals surface area contributed by atoms with Gasteiger partial charge in [0.05, 0.1) is 43.8 Å². The van der Waals surface area contributed by atoms with E-state index in [-0.39, 0.29) is 51.8 Å². The summed E-state index contributed by atoms with van der Waals surface area (Å²) in [6.07, 6.45) is 3.76. The number of hydrogen-bond donors (Lipinski definition) is 5. The van der Waals surface area contributed by atoms with Crippen molar-refractivity contribution in [3.05, 3.63) is 0 Å². The molecule has 2 fully saturated rings. The summed E-state index contributed by atoms with van der Waals surface area (Å²) < 4.78 is 10.9. The number of amides is 5. The molecule has 1 unspecified atom stereocenters. The van der Waals surface area contributed by atoms with Gasteiger partial charge in [0.25, 0.3) is 0 Å². The summed E-state index contributed by atoms with van der Waals surface area (Å²) in [7, 11) is 3.17. The van der Waals surface area contributed by atoms with Gasteiger partial charge in [-0.1, -0.05) is 48.8 Å². The summed E-state index contributed by atoms with van der Waals surface area (Å²) >= 11 is 1.90. The van der Waals surface area contributed by atoms with Gasteiger partial charge in [0.15, 0.2) is 0 Å². The first-order chi connectivity index (χ1) is 20.0. The Hall–Kier alpha value is -1.35. The largest absolute Gasteiger partial charge is 0.377 e. The molecule has 0 bridgehead atoms. The highest BCUT2D eigenvalue weighted by Gasteiger charge is 2.42. The Kier molecular flexibility index (Phi) is 17.4. The second-order valence-electron chi connectivity index (χ2n) is 11.5. The zero-order valence-electron chi connectivity index (χ0n) is 25.8. The smallest absolute Gasteiger partial charge is 0.315 e. The van der Waals surface area contributed by atoms with Gasteiger partial charge in [-0.3, -0.25) is 14.4 Å². The fraction of sp³-hybridized carbons (Fsp3) is 0.857. The molecule has 2 heterocycles. The van der Waals surface area contributed by atoms with Crippen LogP contribution in [0.5, 0.6) is 0 Å². The van der Waals surface area contributed by atoms with E-state index in [1.165, 1.54) is 0 Å². The summed E-state index contributed by atoms with van der Waals surface area (Å²) in [5.74, 6) is 1.16. The lowest BCUT2D eigenvalue weighted by Gasteiger charge is -2.27. The molecule has 0 aromatic rings. The third-order valence-corrected chi connectivity index (χ3v) is 12.3. The van der Waals surface area contributed by atoms with E-state index in [0.717, 1.165) is 25.0 Å². The van der Waals surface area contributed by atoms with Gasteiger partial charge >= 0.3 is 6.03 Å². The fourth-order valence-corrected chi connectivity index (χ4v) is 9.03. The summed E-state index contributed by atoms with van der Waals surface area (Å²) in [6.45, 7) is 13.1. The van der Waals surface area contributed by atoms with E-state index < -0.39 is 0 Å². The Morgan fingerprint density at radius 2 is 1.69 bits per heavy atom. The van der Waals surface area contributed by atoms with Crippen molar-refractivity contribution >= 4 is 57.1 Å². The lowest BCUT2D eigenvalue weighted by molar-refractivity contribution is -0.122. The first-order valence-electron chi connectivity index (χ1n) is 15.0. The topological polar surface area (TPSA) is 147 Å². The van der Waals surface area contributed by atoms with Crippen LogP contribution in [0.2, 0.25) is 0 Å². The molecule has 14 heteroatoms. The van der Waals surface area contributed by atoms with Crippen LogP contribution in [0.3, 0.4) is 0 Å². The Morgan fingerprint density at radius 3 is 2.36 bits per heavy atom. The third-order valence-electron chi connectivity index (χ3n) is 6.84. The lowest BCUT2D eigenvalue weighted by atomic mass is 10.0. The van der Waals surface area contributed by atoms with Gasteiger partial charge in [0.2, 0.25) is 17.7 Å². The molecule has 42 heavy (non-hydrogen) atoms. The molecule has 4 atom stereocenters. The van der Waals surface area contributed by atoms with Crippen molar-refractivity contribution in [1.29, 1.82) is 0 Å². The van der Waals surface area contributed by atoms with Crippen LogP contribution < -0.4 is 26.6 Å². The molecule has 0 radical (unpaired) electrons. The minimum atomic E-state index is -0.206. The van der Waals surface area contributed by atoms with Gasteiger partial charge in [-0.05, 0) is 32.6 Å². The fourth-order valence-electron chi connectivity index (χ4n) is 4.40. The molecule has 0 aromatic carbocycles. The molecular weight excluding hydrogens is 599 g/mol. The molecule has 2 aliphatic heterocycles. The van der Waals surface area contributed by atoms with Crippen LogP contribution in [-0.4, -0.2) is 103 Å². The number of fused-ring (bicyclic) bond motifs is 1. The maximum Gasteiger partial charge on any atom is 0.315 e. The maximum absolute atomic E-state index is 12.7. The van der Waals surface area contributed by atoms with Crippen molar-refractivity contribution in [2.24, 2.45) is 5.92 Å². The minimum absolute atomic E-state index is 0.0165. The van der Waals surface area contributed by atoms with Gasteiger partial charge < -0.3 is 36.1 Å². The Balaban J connectivity index is 1.42. The van der Waals surface area contributed by atoms with Gasteiger partial charge in [-0.25, -0.2) is 4.79 Å². The Bertz CT molecular complexity index is 866. The van der Waals surface area contributed by atoms with Crippen molar-refractivity contribution in [3.63, 3.8) is 0 Å². The number of thioether (sulfide) groups is 1. The van der Waals surface area contributed by atoms with Gasteiger partial charge in [-0.2, -0.15) is 11.8 Å². The van der Waals surface area contributed by atoms with Crippen LogP contribution in [-0.2, 0) is 23.9 Å². The van der Waals surface area contributed by atoms with Crippen molar-refractivity contribution < 1.29 is 28.7 Å². The number of hydrogen-bond acceptors (Lipinski definition) is 9. The first-order valence-corrected chi connectivity index (χ1v) is 18.3. The normalized spacial score (nSPS) is 20.5. The van der Waals surface area contributed by atoms with Crippen molar-refractivity contribution in [3.8, 4) is 0 Å². The Labute approximate surface area is 263 Å². The van der Waals surface area contributed by atoms with E-state index in [0.29, 0.717) is 64.2 Å². The molecule has 0 saturated carbocycles. The second kappa shape index (κ2) is 19.8. The van der Waals surface area contributed by atoms with E-state index in [1.807, 2.05) is 32.5 Å². The number of rotatable bonds is 22. The van der Waals surface area contributed by atoms with E-state index in [1.54, 1.807) is 21.6 Å². The molecule has 2 rings (SSSR count). The molecule has 242 valence electrons. The van der Waals surface area contributed by atoms with Gasteiger partial charge in [0.1, 0.15) is 0 Å². The monoisotopic (exact) mass is 649 g/mol. The van der Waals surface area contributed by atoms with Crippen LogP contribution in [0.15, 0.2) is 0 Å². The van der Waals surface area contributed by atoms with E-state index >= 15 is 0 Å². The maximum atomic E-state index is 12.7. The molecule has 5 N–H and O–H groups in total. The average molecular weight is 650 g/mol. The van der Waals surface area contributed by atoms with E-state index in [9.17, 15) is 19.2 Å². The van der Waals surface area contributed by atoms with Crippen molar-refractivity contribution in [2.45, 2.75) is 94.1 Å². The highest BCUT2D eigenvalue weighted by molar-refractivity contribution is 8.77. The molecule has 0 spiro atoms. The van der Waals surface area contributed by atoms with Gasteiger partial charge in [0, 0.05) is 48.2 Å². The third kappa shape index (κ3) is 14.4. The Morgan fingerprint density at radius 1 is 1.00 bits per heavy atom. The van der Waals surface area contributed by atoms with E-state index in [4.69, 9.17) is 9.47 Å². The summed E-state index contributed by atoms with van der Waals surface area (Å²) in [5.41, 5.74) is 0. The van der Waals surface area contributed by atoms with Crippen LogP contribution in [0.4, 0.5) is 4.79 Å². The first kappa shape index (κ1) is 36.8. The van der Waals surface area contributed by atoms with Crippen LogP contribution in [0.25, 0.3) is 0 Å². The number of urea groups is 1. The van der Waals surface area contributed by atoms with E-state index in [2.05, 4.69) is 40.4 Å². The van der Waals surface area contributed by atoms with Crippen molar-refractivity contribution in [2.75, 3.05) is 51.8 Å². The molecule has 2 saturated heterocycles. The van der Waals surface area contributed by atoms with Crippen LogP contribution >= 0.6 is 33.3 Å². The molecule has 0 aromatic heterocycles. The second-order valence-corrected chi connectivity index (χ2v) is 15.8. The average Bonchev–Trinajstić information content (AvgIpc) is 3.49. The highest BCUT2D eigenvalue weighted by Crippen LogP contribution is 2.40. The van der Waals surface area contributed by atoms with Gasteiger partial charge in [-0.15, -0.1) is 0 Å². The standard InChI is InChI=1S/C28H51N5O6S3/c1-6-22(34)31-18-28(4,5)42-41-25(19(2)3)26(36)30-12-14-39-16-15-38-13-11-29-23(35)10-8-7-9-21-24-20(17-40-21)32-27(37)33-24/h19-21,24-25H,6-18H2,1-5H3,(H,29,35)(H,30,36)(H,31,34)(H2,32,33,37)/t20-,21-,24-,25?/m1/s1. The number of unbranched alkanes of at least 4 members (excludes halogenated alkanes) is 1. The molecular formula is C28H51N5O6S3. The predicted octanol–water partition coefficient (Wildman–Crippen LogP) is 2.69. The zero-order chi connectivity index (χ0) is 31.0. The molecule has 0 aliphatic carbocycles. The summed E-state index contributed by atoms with van der Waals surface area (Å²) in [4.78, 5) is 47.8. The summed E-state index contributed by atoms with van der Waals surface area (Å²) in [5, 5.41) is 14.9. The molecule has 5 amide bonds. The van der Waals surface area contributed by atoms with Crippen molar-refractivity contribution in [1.82, 2.24) is 26.6 Å². The highest BCUT2D eigenvalue weighted by atomic mass is 33.1. The predicted molar refractivity (Wildman–Crippen MR) is 173 cm³/mol. The number of carbonyl (C=O) groups excluding carboxylic acids is 4. The molecule has 2 aliphatic rings. The zero-order valence-corrected chi connectivity index (χ0v) is 28.2. The number of nitrogens with one attached hydrogen (secondary N) is 5. The van der Waals surface area contributed by atoms with Crippen LogP contribution in [0.1, 0.15) is 66.7 Å².